The minimum absolute atomic E-state index is 0.185. The highest BCUT2D eigenvalue weighted by atomic mass is 35.6. The molecule has 1 aliphatic heterocycles. The summed E-state index contributed by atoms with van der Waals surface area (Å²) in [7, 11) is 0. The topological polar surface area (TPSA) is 96.3 Å². The summed E-state index contributed by atoms with van der Waals surface area (Å²) in [5, 5.41) is 8.15. The van der Waals surface area contributed by atoms with E-state index in [0.29, 0.717) is 25.4 Å². The standard InChI is InChI=1S/C27H40Cl3NO7/c1-4-7-15-33-18-20-21(34-16-8-5-2)22(35-17-9-6-3)23(25(36-20)38-26(31)27(28,29)30)37-24(32)19-13-11-10-12-14-19/h10-14,20-23,25,31H,4-9,15-18H2,1-3H3/t20?,21-,22?,23-,25+/m1/s1. The molecule has 0 aliphatic carbocycles. The number of carbonyl (C=O) groups is 1. The van der Waals surface area contributed by atoms with E-state index in [1.807, 2.05) is 6.92 Å². The lowest BCUT2D eigenvalue weighted by molar-refractivity contribution is -0.298. The minimum atomic E-state index is -2.14. The molecule has 5 atom stereocenters. The number of hydrogen-bond donors (Lipinski definition) is 1. The highest BCUT2D eigenvalue weighted by Gasteiger charge is 2.52. The van der Waals surface area contributed by atoms with Gasteiger partial charge in [0, 0.05) is 19.8 Å². The van der Waals surface area contributed by atoms with Crippen molar-refractivity contribution in [1.82, 2.24) is 0 Å². The smallest absolute Gasteiger partial charge is 0.338 e. The molecule has 1 aromatic carbocycles. The van der Waals surface area contributed by atoms with Gasteiger partial charge < -0.3 is 28.4 Å². The first kappa shape index (κ1) is 33.1. The highest BCUT2D eigenvalue weighted by Crippen LogP contribution is 2.34. The van der Waals surface area contributed by atoms with E-state index in [9.17, 15) is 4.79 Å². The van der Waals surface area contributed by atoms with Gasteiger partial charge in [-0.2, -0.15) is 0 Å². The van der Waals surface area contributed by atoms with E-state index in [0.717, 1.165) is 38.5 Å². The fraction of sp³-hybridized carbons (Fsp3) is 0.704. The maximum absolute atomic E-state index is 13.1. The SMILES string of the molecule is CCCCOCC1O[C@@H](OC(=N)C(Cl)(Cl)Cl)[C@H](OC(=O)c2ccccc2)C(OCCCC)[C@@H]1OCCCC. The number of esters is 1. The van der Waals surface area contributed by atoms with Crippen LogP contribution in [0.5, 0.6) is 0 Å². The van der Waals surface area contributed by atoms with Gasteiger partial charge in [0.2, 0.25) is 12.2 Å². The van der Waals surface area contributed by atoms with Crippen molar-refractivity contribution in [3.63, 3.8) is 0 Å². The third-order valence-corrected chi connectivity index (χ3v) is 6.39. The lowest BCUT2D eigenvalue weighted by atomic mass is 9.98. The third-order valence-electron chi connectivity index (χ3n) is 5.88. The molecular weight excluding hydrogens is 557 g/mol. The molecule has 0 amide bonds. The largest absolute Gasteiger partial charge is 0.449 e. The van der Waals surface area contributed by atoms with E-state index in [1.165, 1.54) is 0 Å². The molecule has 0 radical (unpaired) electrons. The number of carbonyl (C=O) groups excluding carboxylic acids is 1. The number of halogens is 3. The van der Waals surface area contributed by atoms with Crippen LogP contribution >= 0.6 is 34.8 Å². The van der Waals surface area contributed by atoms with Gasteiger partial charge in [0.15, 0.2) is 6.10 Å². The predicted octanol–water partition coefficient (Wildman–Crippen LogP) is 6.49. The Kier molecular flexibility index (Phi) is 15.3. The zero-order chi connectivity index (χ0) is 28.0. The number of rotatable bonds is 16. The van der Waals surface area contributed by atoms with E-state index < -0.39 is 46.4 Å². The van der Waals surface area contributed by atoms with Crippen LogP contribution in [0.2, 0.25) is 0 Å². The van der Waals surface area contributed by atoms with Crippen molar-refractivity contribution in [3.8, 4) is 0 Å². The van der Waals surface area contributed by atoms with Gasteiger partial charge in [-0.05, 0) is 31.4 Å². The van der Waals surface area contributed by atoms with Crippen LogP contribution in [-0.2, 0) is 28.4 Å². The third kappa shape index (κ3) is 10.8. The van der Waals surface area contributed by atoms with Crippen molar-refractivity contribution in [1.29, 1.82) is 5.41 Å². The molecule has 38 heavy (non-hydrogen) atoms. The maximum Gasteiger partial charge on any atom is 0.338 e. The molecule has 1 N–H and O–H groups in total. The average molecular weight is 597 g/mol. The van der Waals surface area contributed by atoms with Crippen LogP contribution in [0.4, 0.5) is 0 Å². The molecule has 216 valence electrons. The van der Waals surface area contributed by atoms with E-state index in [-0.39, 0.29) is 6.61 Å². The molecule has 2 unspecified atom stereocenters. The zero-order valence-electron chi connectivity index (χ0n) is 22.3. The molecule has 0 saturated carbocycles. The van der Waals surface area contributed by atoms with Crippen molar-refractivity contribution in [3.05, 3.63) is 35.9 Å². The first-order chi connectivity index (χ1) is 18.2. The molecule has 0 bridgehead atoms. The van der Waals surface area contributed by atoms with Crippen LogP contribution in [-0.4, -0.2) is 72.8 Å². The molecule has 1 saturated heterocycles. The second-order valence-corrected chi connectivity index (χ2v) is 11.3. The van der Waals surface area contributed by atoms with Gasteiger partial charge >= 0.3 is 5.97 Å². The Morgan fingerprint density at radius 3 is 2.03 bits per heavy atom. The van der Waals surface area contributed by atoms with Crippen molar-refractivity contribution in [2.24, 2.45) is 0 Å². The van der Waals surface area contributed by atoms with Gasteiger partial charge in [-0.15, -0.1) is 0 Å². The molecule has 0 aromatic heterocycles. The Bertz CT molecular complexity index is 825. The highest BCUT2D eigenvalue weighted by molar-refractivity contribution is 6.76. The Morgan fingerprint density at radius 1 is 0.868 bits per heavy atom. The zero-order valence-corrected chi connectivity index (χ0v) is 24.6. The van der Waals surface area contributed by atoms with Crippen molar-refractivity contribution in [2.75, 3.05) is 26.4 Å². The molecule has 1 aromatic rings. The molecule has 8 nitrogen and oxygen atoms in total. The number of ether oxygens (including phenoxy) is 6. The summed E-state index contributed by atoms with van der Waals surface area (Å²) in [5.74, 6) is -1.28. The predicted molar refractivity (Wildman–Crippen MR) is 148 cm³/mol. The molecule has 0 spiro atoms. The monoisotopic (exact) mass is 595 g/mol. The number of alkyl halides is 3. The molecule has 11 heteroatoms. The second-order valence-electron chi connectivity index (χ2n) is 9.03. The summed E-state index contributed by atoms with van der Waals surface area (Å²) in [6, 6.07) is 8.54. The number of nitrogens with one attached hydrogen (secondary N) is 1. The quantitative estimate of drug-likeness (QED) is 0.0766. The van der Waals surface area contributed by atoms with Crippen molar-refractivity contribution >= 4 is 46.7 Å². The number of benzene rings is 1. The Morgan fingerprint density at radius 2 is 1.45 bits per heavy atom. The number of unbranched alkanes of at least 4 members (excludes halogenated alkanes) is 3. The van der Waals surface area contributed by atoms with E-state index in [4.69, 9.17) is 68.6 Å². The van der Waals surface area contributed by atoms with Crippen LogP contribution in [0, 0.1) is 5.41 Å². The van der Waals surface area contributed by atoms with Crippen LogP contribution in [0.3, 0.4) is 0 Å². The van der Waals surface area contributed by atoms with Gasteiger partial charge in [-0.25, -0.2) is 4.79 Å². The van der Waals surface area contributed by atoms with E-state index in [2.05, 4.69) is 13.8 Å². The molecule has 1 aliphatic rings. The summed E-state index contributed by atoms with van der Waals surface area (Å²) in [5.41, 5.74) is 0.337. The van der Waals surface area contributed by atoms with Crippen molar-refractivity contribution in [2.45, 2.75) is 93.8 Å². The lowest BCUT2D eigenvalue weighted by Gasteiger charge is -2.45. The van der Waals surface area contributed by atoms with Crippen LogP contribution in [0.25, 0.3) is 0 Å². The first-order valence-electron chi connectivity index (χ1n) is 13.3. The second kappa shape index (κ2) is 17.5. The summed E-state index contributed by atoms with van der Waals surface area (Å²) >= 11 is 17.7. The van der Waals surface area contributed by atoms with Crippen LogP contribution in [0.1, 0.15) is 69.7 Å². The first-order valence-corrected chi connectivity index (χ1v) is 14.4. The maximum atomic E-state index is 13.1. The molecule has 1 heterocycles. The number of hydrogen-bond acceptors (Lipinski definition) is 8. The van der Waals surface area contributed by atoms with Gasteiger partial charge in [0.1, 0.15) is 18.3 Å². The Labute approximate surface area is 241 Å². The fourth-order valence-electron chi connectivity index (χ4n) is 3.75. The van der Waals surface area contributed by atoms with Crippen LogP contribution < -0.4 is 0 Å². The summed E-state index contributed by atoms with van der Waals surface area (Å²) in [4.78, 5) is 13.1. The molecule has 1 fully saturated rings. The fourth-order valence-corrected chi connectivity index (χ4v) is 3.88. The Hall–Kier alpha value is -1.13. The molecule has 2 rings (SSSR count). The normalized spacial score (nSPS) is 23.7. The van der Waals surface area contributed by atoms with Crippen LogP contribution in [0.15, 0.2) is 30.3 Å². The van der Waals surface area contributed by atoms with E-state index >= 15 is 0 Å². The summed E-state index contributed by atoms with van der Waals surface area (Å²) < 4.78 is 34.1. The average Bonchev–Trinajstić information content (AvgIpc) is 2.89. The van der Waals surface area contributed by atoms with Gasteiger partial charge in [0.25, 0.3) is 3.79 Å². The van der Waals surface area contributed by atoms with Crippen molar-refractivity contribution < 1.29 is 33.2 Å². The summed E-state index contributed by atoms with van der Waals surface area (Å²) in [6.07, 6.45) is 0.839. The minimum Gasteiger partial charge on any atom is -0.449 e. The van der Waals surface area contributed by atoms with Gasteiger partial charge in [-0.3, -0.25) is 5.41 Å². The summed E-state index contributed by atoms with van der Waals surface area (Å²) in [6.45, 7) is 7.77. The molecular formula is C27H40Cl3NO7. The lowest BCUT2D eigenvalue weighted by Crippen LogP contribution is -2.63. The van der Waals surface area contributed by atoms with Gasteiger partial charge in [0.05, 0.1) is 12.2 Å². The van der Waals surface area contributed by atoms with E-state index in [1.54, 1.807) is 30.3 Å². The Balaban J connectivity index is 2.42. The van der Waals surface area contributed by atoms with Gasteiger partial charge in [-0.1, -0.05) is 93.0 Å².